The van der Waals surface area contributed by atoms with Gasteiger partial charge >= 0.3 is 5.97 Å². The quantitative estimate of drug-likeness (QED) is 0.692. The van der Waals surface area contributed by atoms with Gasteiger partial charge in [0.2, 0.25) is 11.7 Å². The van der Waals surface area contributed by atoms with Gasteiger partial charge < -0.3 is 20.2 Å². The first kappa shape index (κ1) is 17.7. The SMILES string of the molecule is CCCCC(=O)NC(=S)Nc1cccc(-c2ccc(C(=O)O)o2)c1. The van der Waals surface area contributed by atoms with Crippen LogP contribution in [0.2, 0.25) is 0 Å². The number of unbranched alkanes of at least 4 members (excludes halogenated alkanes) is 1. The fourth-order valence-corrected chi connectivity index (χ4v) is 2.28. The summed E-state index contributed by atoms with van der Waals surface area (Å²) >= 11 is 5.12. The van der Waals surface area contributed by atoms with Crippen molar-refractivity contribution in [3.8, 4) is 11.3 Å². The van der Waals surface area contributed by atoms with Crippen molar-refractivity contribution in [2.45, 2.75) is 26.2 Å². The first-order valence-corrected chi connectivity index (χ1v) is 7.95. The van der Waals surface area contributed by atoms with Crippen LogP contribution in [0.4, 0.5) is 5.69 Å². The molecule has 0 aliphatic carbocycles. The molecule has 2 rings (SSSR count). The topological polar surface area (TPSA) is 91.6 Å². The second-order valence-corrected chi connectivity index (χ2v) is 5.56. The van der Waals surface area contributed by atoms with Crippen LogP contribution in [0.3, 0.4) is 0 Å². The van der Waals surface area contributed by atoms with Gasteiger partial charge in [-0.25, -0.2) is 4.79 Å². The lowest BCUT2D eigenvalue weighted by molar-refractivity contribution is -0.119. The van der Waals surface area contributed by atoms with Gasteiger partial charge in [0.05, 0.1) is 0 Å². The molecule has 24 heavy (non-hydrogen) atoms. The molecule has 0 aliphatic heterocycles. The van der Waals surface area contributed by atoms with Crippen molar-refractivity contribution in [2.24, 2.45) is 0 Å². The number of carbonyl (C=O) groups excluding carboxylic acids is 1. The molecule has 1 aromatic heterocycles. The van der Waals surface area contributed by atoms with Gasteiger partial charge in [-0.2, -0.15) is 0 Å². The Morgan fingerprint density at radius 1 is 1.25 bits per heavy atom. The van der Waals surface area contributed by atoms with Crippen LogP contribution in [-0.2, 0) is 4.79 Å². The van der Waals surface area contributed by atoms with Gasteiger partial charge in [-0.15, -0.1) is 0 Å². The Hall–Kier alpha value is -2.67. The molecule has 3 N–H and O–H groups in total. The molecule has 2 aromatic rings. The third-order valence-electron chi connectivity index (χ3n) is 3.23. The van der Waals surface area contributed by atoms with E-state index in [1.165, 1.54) is 6.07 Å². The molecule has 0 atom stereocenters. The number of benzene rings is 1. The van der Waals surface area contributed by atoms with Crippen molar-refractivity contribution >= 4 is 34.9 Å². The van der Waals surface area contributed by atoms with Crippen LogP contribution in [0.1, 0.15) is 36.7 Å². The van der Waals surface area contributed by atoms with E-state index in [2.05, 4.69) is 10.6 Å². The molecular weight excluding hydrogens is 328 g/mol. The lowest BCUT2D eigenvalue weighted by atomic mass is 10.1. The highest BCUT2D eigenvalue weighted by Gasteiger charge is 2.11. The molecule has 0 fully saturated rings. The molecule has 0 radical (unpaired) electrons. The van der Waals surface area contributed by atoms with E-state index in [-0.39, 0.29) is 16.8 Å². The van der Waals surface area contributed by atoms with Gasteiger partial charge in [0.1, 0.15) is 5.76 Å². The first-order chi connectivity index (χ1) is 11.5. The largest absolute Gasteiger partial charge is 0.475 e. The van der Waals surface area contributed by atoms with Crippen molar-refractivity contribution in [1.29, 1.82) is 0 Å². The van der Waals surface area contributed by atoms with Crippen LogP contribution in [0.15, 0.2) is 40.8 Å². The Bertz CT molecular complexity index is 755. The zero-order chi connectivity index (χ0) is 17.5. The zero-order valence-electron chi connectivity index (χ0n) is 13.2. The molecule has 0 spiro atoms. The van der Waals surface area contributed by atoms with Crippen molar-refractivity contribution in [1.82, 2.24) is 5.32 Å². The number of amides is 1. The molecule has 0 saturated heterocycles. The van der Waals surface area contributed by atoms with E-state index in [1.54, 1.807) is 30.3 Å². The van der Waals surface area contributed by atoms with Crippen LogP contribution in [0.5, 0.6) is 0 Å². The normalized spacial score (nSPS) is 10.2. The molecule has 0 bridgehead atoms. The van der Waals surface area contributed by atoms with Crippen LogP contribution in [-0.4, -0.2) is 22.1 Å². The number of aromatic carboxylic acids is 1. The third kappa shape index (κ3) is 4.92. The average molecular weight is 346 g/mol. The molecule has 1 heterocycles. The van der Waals surface area contributed by atoms with Gasteiger partial charge in [-0.1, -0.05) is 25.5 Å². The maximum absolute atomic E-state index is 11.6. The second-order valence-electron chi connectivity index (χ2n) is 5.16. The smallest absolute Gasteiger partial charge is 0.371 e. The molecule has 6 nitrogen and oxygen atoms in total. The van der Waals surface area contributed by atoms with E-state index in [1.807, 2.05) is 6.92 Å². The van der Waals surface area contributed by atoms with E-state index in [0.29, 0.717) is 23.4 Å². The van der Waals surface area contributed by atoms with Gasteiger partial charge in [0.25, 0.3) is 0 Å². The van der Waals surface area contributed by atoms with Crippen LogP contribution in [0, 0.1) is 0 Å². The number of thiocarbonyl (C=S) groups is 1. The maximum Gasteiger partial charge on any atom is 0.371 e. The summed E-state index contributed by atoms with van der Waals surface area (Å²) in [6, 6.07) is 10.1. The predicted molar refractivity (Wildman–Crippen MR) is 95.0 cm³/mol. The molecule has 0 saturated carbocycles. The Balaban J connectivity index is 2.03. The van der Waals surface area contributed by atoms with Crippen LogP contribution < -0.4 is 10.6 Å². The molecule has 0 aliphatic rings. The Kier molecular flexibility index (Phi) is 6.08. The van der Waals surface area contributed by atoms with Gasteiger partial charge in [-0.3, -0.25) is 4.79 Å². The number of hydrogen-bond acceptors (Lipinski definition) is 4. The summed E-state index contributed by atoms with van der Waals surface area (Å²) in [6.45, 7) is 2.01. The van der Waals surface area contributed by atoms with Crippen molar-refractivity contribution in [2.75, 3.05) is 5.32 Å². The summed E-state index contributed by atoms with van der Waals surface area (Å²) in [6.07, 6.45) is 2.19. The number of nitrogens with one attached hydrogen (secondary N) is 2. The highest BCUT2D eigenvalue weighted by atomic mass is 32.1. The monoisotopic (exact) mass is 346 g/mol. The van der Waals surface area contributed by atoms with E-state index >= 15 is 0 Å². The molecule has 0 unspecified atom stereocenters. The van der Waals surface area contributed by atoms with Crippen molar-refractivity contribution in [3.05, 3.63) is 42.2 Å². The third-order valence-corrected chi connectivity index (χ3v) is 3.44. The first-order valence-electron chi connectivity index (χ1n) is 7.54. The highest BCUT2D eigenvalue weighted by molar-refractivity contribution is 7.80. The van der Waals surface area contributed by atoms with Crippen molar-refractivity contribution < 1.29 is 19.1 Å². The minimum Gasteiger partial charge on any atom is -0.475 e. The van der Waals surface area contributed by atoms with Crippen LogP contribution >= 0.6 is 12.2 Å². The summed E-state index contributed by atoms with van der Waals surface area (Å²) < 4.78 is 5.27. The lowest BCUT2D eigenvalue weighted by Gasteiger charge is -2.10. The number of rotatable bonds is 6. The van der Waals surface area contributed by atoms with E-state index in [9.17, 15) is 9.59 Å². The Labute approximate surface area is 144 Å². The molecule has 126 valence electrons. The standard InChI is InChI=1S/C17H18N2O4S/c1-2-3-7-15(20)19-17(24)18-12-6-4-5-11(10-12)13-8-9-14(23-13)16(21)22/h4-6,8-10H,2-3,7H2,1H3,(H,21,22)(H2,18,19,20,24). The summed E-state index contributed by atoms with van der Waals surface area (Å²) in [5.41, 5.74) is 1.37. The minimum absolute atomic E-state index is 0.123. The predicted octanol–water partition coefficient (Wildman–Crippen LogP) is 3.65. The van der Waals surface area contributed by atoms with Gasteiger partial charge in [0.15, 0.2) is 5.11 Å². The zero-order valence-corrected chi connectivity index (χ0v) is 14.0. The summed E-state index contributed by atoms with van der Waals surface area (Å²) in [7, 11) is 0. The van der Waals surface area contributed by atoms with Gasteiger partial charge in [0, 0.05) is 17.7 Å². The summed E-state index contributed by atoms with van der Waals surface area (Å²) in [5.74, 6) is -0.926. The molecular formula is C17H18N2O4S. The summed E-state index contributed by atoms with van der Waals surface area (Å²) in [5, 5.41) is 14.7. The second kappa shape index (κ2) is 8.26. The number of carbonyl (C=O) groups is 2. The fourth-order valence-electron chi connectivity index (χ4n) is 2.05. The highest BCUT2D eigenvalue weighted by Crippen LogP contribution is 2.24. The maximum atomic E-state index is 11.6. The number of hydrogen-bond donors (Lipinski definition) is 3. The number of carboxylic acid groups (broad SMARTS) is 1. The van der Waals surface area contributed by atoms with Gasteiger partial charge in [-0.05, 0) is 42.9 Å². The number of anilines is 1. The molecule has 7 heteroatoms. The van der Waals surface area contributed by atoms with E-state index in [0.717, 1.165) is 12.8 Å². The number of carboxylic acids is 1. The number of furan rings is 1. The molecule has 1 aromatic carbocycles. The average Bonchev–Trinajstić information content (AvgIpc) is 3.03. The van der Waals surface area contributed by atoms with Crippen LogP contribution in [0.25, 0.3) is 11.3 Å². The lowest BCUT2D eigenvalue weighted by Crippen LogP contribution is -2.33. The van der Waals surface area contributed by atoms with E-state index < -0.39 is 5.97 Å². The molecule has 1 amide bonds. The Morgan fingerprint density at radius 2 is 2.04 bits per heavy atom. The summed E-state index contributed by atoms with van der Waals surface area (Å²) in [4.78, 5) is 22.5. The van der Waals surface area contributed by atoms with Crippen molar-refractivity contribution in [3.63, 3.8) is 0 Å². The minimum atomic E-state index is -1.12. The Morgan fingerprint density at radius 3 is 2.71 bits per heavy atom. The fraction of sp³-hybridized carbons (Fsp3) is 0.235. The van der Waals surface area contributed by atoms with E-state index in [4.69, 9.17) is 21.7 Å².